The molecule has 2 heterocycles. The summed E-state index contributed by atoms with van der Waals surface area (Å²) in [6.07, 6.45) is 7.14. The summed E-state index contributed by atoms with van der Waals surface area (Å²) in [5, 5.41) is 12.9. The van der Waals surface area contributed by atoms with Gasteiger partial charge in [-0.25, -0.2) is 9.78 Å². The van der Waals surface area contributed by atoms with E-state index in [0.29, 0.717) is 16.8 Å². The van der Waals surface area contributed by atoms with Crippen LogP contribution in [0.4, 0.5) is 5.69 Å². The van der Waals surface area contributed by atoms with Gasteiger partial charge >= 0.3 is 5.97 Å². The number of aromatic nitrogens is 1. The molecule has 0 aliphatic heterocycles. The van der Waals surface area contributed by atoms with Crippen LogP contribution >= 0.6 is 22.7 Å². The third-order valence-corrected chi connectivity index (χ3v) is 10.1. The molecule has 0 bridgehead atoms. The lowest BCUT2D eigenvalue weighted by Gasteiger charge is -2.39. The Morgan fingerprint density at radius 1 is 1.08 bits per heavy atom. The summed E-state index contributed by atoms with van der Waals surface area (Å²) >= 11 is 2.85. The summed E-state index contributed by atoms with van der Waals surface area (Å²) in [5.74, 6) is -0.238. The van der Waals surface area contributed by atoms with Crippen LogP contribution in [0.3, 0.4) is 0 Å². The Morgan fingerprint density at radius 2 is 1.74 bits per heavy atom. The molecule has 2 aromatic rings. The van der Waals surface area contributed by atoms with Crippen LogP contribution in [-0.4, -0.2) is 53.1 Å². The maximum absolute atomic E-state index is 14.1. The zero-order chi connectivity index (χ0) is 27.6. The summed E-state index contributed by atoms with van der Waals surface area (Å²) in [6, 6.07) is 1.95. The van der Waals surface area contributed by atoms with Crippen molar-refractivity contribution in [2.24, 2.45) is 11.8 Å². The van der Waals surface area contributed by atoms with Gasteiger partial charge in [0.25, 0.3) is 5.19 Å². The molecule has 7 nitrogen and oxygen atoms in total. The third kappa shape index (κ3) is 6.96. The van der Waals surface area contributed by atoms with Gasteiger partial charge in [0, 0.05) is 28.8 Å². The van der Waals surface area contributed by atoms with E-state index in [2.05, 4.69) is 37.6 Å². The van der Waals surface area contributed by atoms with Crippen molar-refractivity contribution in [3.63, 3.8) is 0 Å². The lowest BCUT2D eigenvalue weighted by molar-refractivity contribution is -0.124. The Morgan fingerprint density at radius 3 is 2.32 bits per heavy atom. The van der Waals surface area contributed by atoms with Crippen molar-refractivity contribution in [1.82, 2.24) is 9.88 Å². The maximum atomic E-state index is 14.1. The maximum Gasteiger partial charge on any atom is 0.348 e. The second-order valence-corrected chi connectivity index (χ2v) is 14.3. The van der Waals surface area contributed by atoms with E-state index in [-0.39, 0.29) is 34.3 Å². The summed E-state index contributed by atoms with van der Waals surface area (Å²) in [4.78, 5) is 36.3. The van der Waals surface area contributed by atoms with Crippen LogP contribution in [0.1, 0.15) is 99.3 Å². The highest BCUT2D eigenvalue weighted by Gasteiger charge is 2.38. The zero-order valence-electron chi connectivity index (χ0n) is 23.7. The van der Waals surface area contributed by atoms with E-state index >= 15 is 0 Å². The number of anilines is 1. The zero-order valence-corrected chi connectivity index (χ0v) is 25.3. The van der Waals surface area contributed by atoms with Crippen molar-refractivity contribution in [2.75, 3.05) is 19.0 Å². The number of carbonyl (C=O) groups is 2. The highest BCUT2D eigenvalue weighted by Crippen LogP contribution is 2.42. The minimum atomic E-state index is -0.954. The standard InChI is InChI=1S/C29H43N3O4S2/c1-18-7-9-19(10-8-18)26(33)32(23-15-24(29(2,3)4)38-25(23)27(34)35)21-11-13-22(14-12-21)36-28-30-20(17-37-28)16-31(5)6/h15,17-19,21-22H,7-14,16H2,1-6H3,(H,34,35)/t18-,19-,21?,22?. The molecule has 0 atom stereocenters. The number of hydrogen-bond donors (Lipinski definition) is 1. The van der Waals surface area contributed by atoms with Gasteiger partial charge in [0.1, 0.15) is 11.0 Å². The molecule has 9 heteroatoms. The van der Waals surface area contributed by atoms with Crippen LogP contribution in [0.2, 0.25) is 0 Å². The van der Waals surface area contributed by atoms with E-state index in [0.717, 1.165) is 68.5 Å². The highest BCUT2D eigenvalue weighted by atomic mass is 32.1. The average molecular weight is 562 g/mol. The number of amides is 1. The van der Waals surface area contributed by atoms with Crippen LogP contribution in [-0.2, 0) is 16.8 Å². The van der Waals surface area contributed by atoms with Gasteiger partial charge in [-0.3, -0.25) is 4.79 Å². The van der Waals surface area contributed by atoms with Crippen LogP contribution in [0.5, 0.6) is 5.19 Å². The largest absolute Gasteiger partial charge is 0.477 e. The van der Waals surface area contributed by atoms with Crippen molar-refractivity contribution >= 4 is 40.2 Å². The molecule has 0 radical (unpaired) electrons. The second-order valence-electron chi connectivity index (χ2n) is 12.4. The lowest BCUT2D eigenvalue weighted by Crippen LogP contribution is -2.47. The van der Waals surface area contributed by atoms with E-state index in [1.807, 2.05) is 30.4 Å². The number of aromatic carboxylic acids is 1. The van der Waals surface area contributed by atoms with Crippen molar-refractivity contribution in [3.05, 3.63) is 26.9 Å². The van der Waals surface area contributed by atoms with Gasteiger partial charge in [-0.05, 0) is 82.9 Å². The van der Waals surface area contributed by atoms with Crippen LogP contribution < -0.4 is 9.64 Å². The van der Waals surface area contributed by atoms with Gasteiger partial charge in [-0.2, -0.15) is 0 Å². The molecule has 0 spiro atoms. The molecule has 2 aliphatic rings. The fourth-order valence-electron chi connectivity index (χ4n) is 5.59. The second kappa shape index (κ2) is 12.0. The molecule has 38 heavy (non-hydrogen) atoms. The molecule has 2 fully saturated rings. The topological polar surface area (TPSA) is 83.0 Å². The molecular formula is C29H43N3O4S2. The Bertz CT molecular complexity index is 1100. The van der Waals surface area contributed by atoms with Gasteiger partial charge < -0.3 is 19.6 Å². The molecular weight excluding hydrogens is 518 g/mol. The number of carboxylic acids is 1. The summed E-state index contributed by atoms with van der Waals surface area (Å²) < 4.78 is 6.24. The van der Waals surface area contributed by atoms with Gasteiger partial charge in [0.05, 0.1) is 11.4 Å². The first-order chi connectivity index (χ1) is 17.9. The lowest BCUT2D eigenvalue weighted by atomic mass is 9.81. The fourth-order valence-corrected chi connectivity index (χ4v) is 7.36. The first-order valence-corrected chi connectivity index (χ1v) is 15.6. The number of ether oxygens (including phenoxy) is 1. The Balaban J connectivity index is 1.54. The van der Waals surface area contributed by atoms with E-state index in [1.54, 1.807) is 0 Å². The van der Waals surface area contributed by atoms with Crippen molar-refractivity contribution in [2.45, 2.75) is 103 Å². The summed E-state index contributed by atoms with van der Waals surface area (Å²) in [5.41, 5.74) is 1.41. The summed E-state index contributed by atoms with van der Waals surface area (Å²) in [7, 11) is 4.05. The fraction of sp³-hybridized carbons (Fsp3) is 0.690. The van der Waals surface area contributed by atoms with Gasteiger partial charge in [0.15, 0.2) is 0 Å². The normalized spacial score (nSPS) is 24.4. The van der Waals surface area contributed by atoms with Crippen LogP contribution in [0, 0.1) is 11.8 Å². The van der Waals surface area contributed by atoms with E-state index in [4.69, 9.17) is 4.74 Å². The van der Waals surface area contributed by atoms with Gasteiger partial charge in [-0.1, -0.05) is 39.0 Å². The number of thiazole rings is 1. The number of carboxylic acid groups (broad SMARTS) is 1. The highest BCUT2D eigenvalue weighted by molar-refractivity contribution is 7.14. The average Bonchev–Trinajstić information content (AvgIpc) is 3.48. The van der Waals surface area contributed by atoms with E-state index < -0.39 is 5.97 Å². The molecule has 2 saturated carbocycles. The van der Waals surface area contributed by atoms with Crippen LogP contribution in [0.25, 0.3) is 0 Å². The molecule has 2 aliphatic carbocycles. The Hall–Kier alpha value is -1.97. The van der Waals surface area contributed by atoms with Crippen molar-refractivity contribution < 1.29 is 19.4 Å². The van der Waals surface area contributed by atoms with Gasteiger partial charge in [-0.15, -0.1) is 11.3 Å². The summed E-state index contributed by atoms with van der Waals surface area (Å²) in [6.45, 7) is 9.31. The number of carbonyl (C=O) groups excluding carboxylic acids is 1. The molecule has 1 N–H and O–H groups in total. The number of hydrogen-bond acceptors (Lipinski definition) is 7. The van der Waals surface area contributed by atoms with E-state index in [1.165, 1.54) is 22.7 Å². The minimum absolute atomic E-state index is 0.0252. The SMILES string of the molecule is CN(C)Cc1csc(OC2CCC(N(c3cc(C(C)(C)C)sc3C(=O)O)C(=O)[C@H]3CC[C@H](C)CC3)CC2)n1. The monoisotopic (exact) mass is 561 g/mol. The van der Waals surface area contributed by atoms with Crippen molar-refractivity contribution in [3.8, 4) is 5.19 Å². The smallest absolute Gasteiger partial charge is 0.348 e. The molecule has 4 rings (SSSR count). The first-order valence-electron chi connectivity index (χ1n) is 13.9. The predicted octanol–water partition coefficient (Wildman–Crippen LogP) is 6.81. The van der Waals surface area contributed by atoms with E-state index in [9.17, 15) is 14.7 Å². The predicted molar refractivity (Wildman–Crippen MR) is 155 cm³/mol. The first kappa shape index (κ1) is 29.0. The van der Waals surface area contributed by atoms with Crippen LogP contribution in [0.15, 0.2) is 11.4 Å². The minimum Gasteiger partial charge on any atom is -0.477 e. The molecule has 0 saturated heterocycles. The van der Waals surface area contributed by atoms with Crippen molar-refractivity contribution in [1.29, 1.82) is 0 Å². The number of thiophene rings is 1. The quantitative estimate of drug-likeness (QED) is 0.381. The number of nitrogens with zero attached hydrogens (tertiary/aromatic N) is 3. The molecule has 0 aromatic carbocycles. The third-order valence-electron chi connectivity index (χ3n) is 7.79. The molecule has 1 amide bonds. The Kier molecular flexibility index (Phi) is 9.20. The van der Waals surface area contributed by atoms with Gasteiger partial charge in [0.2, 0.25) is 5.91 Å². The molecule has 2 aromatic heterocycles. The Labute approximate surface area is 235 Å². The molecule has 210 valence electrons. The molecule has 0 unspecified atom stereocenters. The number of rotatable bonds is 8.